The van der Waals surface area contributed by atoms with E-state index in [1.54, 1.807) is 13.8 Å². The first kappa shape index (κ1) is 28.6. The molecule has 0 fully saturated rings. The Morgan fingerprint density at radius 3 is 1.28 bits per heavy atom. The van der Waals surface area contributed by atoms with Gasteiger partial charge in [0, 0.05) is 11.1 Å². The van der Waals surface area contributed by atoms with E-state index in [-0.39, 0.29) is 71.4 Å². The predicted octanol–water partition coefficient (Wildman–Crippen LogP) is 3.51. The maximum atomic E-state index is 12.9. The molecule has 2 N–H and O–H groups in total. The van der Waals surface area contributed by atoms with E-state index >= 15 is 0 Å². The van der Waals surface area contributed by atoms with E-state index in [0.717, 1.165) is 24.3 Å². The summed E-state index contributed by atoms with van der Waals surface area (Å²) >= 11 is 0. The first-order valence-electron chi connectivity index (χ1n) is 8.84. The molecule has 11 heteroatoms. The SMILES string of the molecule is CCOC(=O)c1cc(C(=O)c2ccc(C(=O)O)c(C(=O)OCC)c2)ccc1C(=O)O.Cl.Cl. The molecule has 0 aliphatic heterocycles. The summed E-state index contributed by atoms with van der Waals surface area (Å²) < 4.78 is 9.68. The maximum absolute atomic E-state index is 12.9. The van der Waals surface area contributed by atoms with E-state index in [0.29, 0.717) is 0 Å². The van der Waals surface area contributed by atoms with Gasteiger partial charge < -0.3 is 19.7 Å². The van der Waals surface area contributed by atoms with E-state index in [2.05, 4.69) is 0 Å². The number of benzene rings is 2. The lowest BCUT2D eigenvalue weighted by Gasteiger charge is -2.10. The molecule has 9 nitrogen and oxygen atoms in total. The Labute approximate surface area is 195 Å². The summed E-state index contributed by atoms with van der Waals surface area (Å²) in [6.07, 6.45) is 0. The van der Waals surface area contributed by atoms with Crippen molar-refractivity contribution in [2.24, 2.45) is 0 Å². The molecule has 2 aromatic carbocycles. The normalized spacial score (nSPS) is 9.56. The Morgan fingerprint density at radius 1 is 0.656 bits per heavy atom. The highest BCUT2D eigenvalue weighted by molar-refractivity contribution is 6.13. The van der Waals surface area contributed by atoms with Crippen molar-refractivity contribution in [2.75, 3.05) is 13.2 Å². The van der Waals surface area contributed by atoms with Gasteiger partial charge >= 0.3 is 23.9 Å². The van der Waals surface area contributed by atoms with Crippen LogP contribution in [0.15, 0.2) is 36.4 Å². The summed E-state index contributed by atoms with van der Waals surface area (Å²) in [7, 11) is 0. The van der Waals surface area contributed by atoms with Gasteiger partial charge in [-0.3, -0.25) is 4.79 Å². The molecule has 0 amide bonds. The number of rotatable bonds is 8. The van der Waals surface area contributed by atoms with E-state index in [1.165, 1.54) is 12.1 Å². The number of carboxylic acid groups (broad SMARTS) is 2. The molecular weight excluding hydrogens is 467 g/mol. The molecule has 2 aromatic rings. The van der Waals surface area contributed by atoms with E-state index < -0.39 is 29.7 Å². The highest BCUT2D eigenvalue weighted by atomic mass is 35.5. The number of halogens is 2. The fraction of sp³-hybridized carbons (Fsp3) is 0.190. The minimum Gasteiger partial charge on any atom is -0.478 e. The zero-order valence-corrected chi connectivity index (χ0v) is 18.6. The molecule has 0 heterocycles. The summed E-state index contributed by atoms with van der Waals surface area (Å²) in [6, 6.07) is 6.78. The molecule has 0 saturated carbocycles. The number of carboxylic acids is 2. The van der Waals surface area contributed by atoms with Crippen molar-refractivity contribution >= 4 is 54.5 Å². The van der Waals surface area contributed by atoms with Gasteiger partial charge in [-0.2, -0.15) is 0 Å². The van der Waals surface area contributed by atoms with E-state index in [4.69, 9.17) is 9.47 Å². The second kappa shape index (κ2) is 12.4. The second-order valence-electron chi connectivity index (χ2n) is 5.90. The Hall–Kier alpha value is -3.43. The third kappa shape index (κ3) is 6.29. The quantitative estimate of drug-likeness (QED) is 0.422. The molecule has 0 radical (unpaired) electrons. The first-order chi connectivity index (χ1) is 14.2. The molecular formula is C21H20Cl2O9. The Bertz CT molecular complexity index is 966. The van der Waals surface area contributed by atoms with Crippen LogP contribution in [0, 0.1) is 0 Å². The van der Waals surface area contributed by atoms with Gasteiger partial charge in [0.2, 0.25) is 0 Å². The van der Waals surface area contributed by atoms with E-state index in [9.17, 15) is 34.2 Å². The van der Waals surface area contributed by atoms with Crippen LogP contribution in [0.5, 0.6) is 0 Å². The van der Waals surface area contributed by atoms with Gasteiger partial charge in [-0.15, -0.1) is 24.8 Å². The summed E-state index contributed by atoms with van der Waals surface area (Å²) in [5.41, 5.74) is -1.36. The summed E-state index contributed by atoms with van der Waals surface area (Å²) in [4.78, 5) is 59.8. The molecule has 0 aliphatic carbocycles. The topological polar surface area (TPSA) is 144 Å². The van der Waals surface area contributed by atoms with Gasteiger partial charge in [0.1, 0.15) is 0 Å². The maximum Gasteiger partial charge on any atom is 0.339 e. The molecule has 0 saturated heterocycles. The van der Waals surface area contributed by atoms with Gasteiger partial charge in [-0.25, -0.2) is 19.2 Å². The molecule has 0 aliphatic rings. The smallest absolute Gasteiger partial charge is 0.339 e. The van der Waals surface area contributed by atoms with Crippen molar-refractivity contribution < 1.29 is 43.7 Å². The molecule has 172 valence electrons. The van der Waals surface area contributed by atoms with Crippen LogP contribution in [-0.4, -0.2) is 53.1 Å². The average molecular weight is 487 g/mol. The first-order valence-corrected chi connectivity index (χ1v) is 8.84. The fourth-order valence-corrected chi connectivity index (χ4v) is 2.67. The summed E-state index contributed by atoms with van der Waals surface area (Å²) in [5, 5.41) is 18.5. The second-order valence-corrected chi connectivity index (χ2v) is 5.90. The highest BCUT2D eigenvalue weighted by Gasteiger charge is 2.23. The van der Waals surface area contributed by atoms with Crippen LogP contribution in [0.1, 0.15) is 71.2 Å². The van der Waals surface area contributed by atoms with Crippen LogP contribution >= 0.6 is 24.8 Å². The average Bonchev–Trinajstić information content (AvgIpc) is 2.72. The lowest BCUT2D eigenvalue weighted by Crippen LogP contribution is -2.15. The zero-order chi connectivity index (χ0) is 22.4. The number of hydrogen-bond donors (Lipinski definition) is 2. The van der Waals surface area contributed by atoms with Crippen molar-refractivity contribution in [3.05, 3.63) is 69.8 Å². The number of aromatic carboxylic acids is 2. The monoisotopic (exact) mass is 486 g/mol. The molecule has 0 aromatic heterocycles. The van der Waals surface area contributed by atoms with Gasteiger partial charge in [0.15, 0.2) is 5.78 Å². The molecule has 0 atom stereocenters. The lowest BCUT2D eigenvalue weighted by atomic mass is 9.95. The third-order valence-corrected chi connectivity index (χ3v) is 4.02. The summed E-state index contributed by atoms with van der Waals surface area (Å²) in [6.45, 7) is 3.12. The fourth-order valence-electron chi connectivity index (χ4n) is 2.67. The Kier molecular flexibility index (Phi) is 11.1. The lowest BCUT2D eigenvalue weighted by molar-refractivity contribution is 0.0509. The standard InChI is InChI=1S/C21H18O9.2ClH/c1-3-29-20(27)15-9-11(5-7-13(15)18(23)24)17(22)12-6-8-14(19(25)26)16(10-12)21(28)30-4-2;;/h5-10H,3-4H2,1-2H3,(H,23,24)(H,25,26);2*1H. The predicted molar refractivity (Wildman–Crippen MR) is 117 cm³/mol. The van der Waals surface area contributed by atoms with Crippen LogP contribution in [0.25, 0.3) is 0 Å². The molecule has 0 spiro atoms. The van der Waals surface area contributed by atoms with Crippen LogP contribution in [0.3, 0.4) is 0 Å². The molecule has 2 rings (SSSR count). The number of carbonyl (C=O) groups is 5. The van der Waals surface area contributed by atoms with Crippen molar-refractivity contribution in [3.8, 4) is 0 Å². The molecule has 32 heavy (non-hydrogen) atoms. The Morgan fingerprint density at radius 2 is 1.00 bits per heavy atom. The zero-order valence-electron chi connectivity index (χ0n) is 16.9. The van der Waals surface area contributed by atoms with Crippen LogP contribution < -0.4 is 0 Å². The van der Waals surface area contributed by atoms with Crippen molar-refractivity contribution in [1.29, 1.82) is 0 Å². The van der Waals surface area contributed by atoms with Gasteiger partial charge in [-0.1, -0.05) is 12.1 Å². The number of carbonyl (C=O) groups excluding carboxylic acids is 3. The highest BCUT2D eigenvalue weighted by Crippen LogP contribution is 2.20. The minimum absolute atomic E-state index is 0. The van der Waals surface area contributed by atoms with Gasteiger partial charge in [0.25, 0.3) is 0 Å². The molecule has 0 unspecified atom stereocenters. The van der Waals surface area contributed by atoms with Crippen molar-refractivity contribution in [3.63, 3.8) is 0 Å². The minimum atomic E-state index is -1.37. The number of hydrogen-bond acceptors (Lipinski definition) is 7. The van der Waals surface area contributed by atoms with Crippen molar-refractivity contribution in [2.45, 2.75) is 13.8 Å². The summed E-state index contributed by atoms with van der Waals surface area (Å²) in [5.74, 6) is -5.20. The van der Waals surface area contributed by atoms with Crippen molar-refractivity contribution in [1.82, 2.24) is 0 Å². The number of ketones is 1. The van der Waals surface area contributed by atoms with Gasteiger partial charge in [-0.05, 0) is 38.1 Å². The third-order valence-electron chi connectivity index (χ3n) is 4.02. The number of ether oxygens (including phenoxy) is 2. The largest absolute Gasteiger partial charge is 0.478 e. The van der Waals surface area contributed by atoms with Crippen LogP contribution in [0.4, 0.5) is 0 Å². The van der Waals surface area contributed by atoms with Gasteiger partial charge in [0.05, 0.1) is 35.5 Å². The van der Waals surface area contributed by atoms with Crippen LogP contribution in [-0.2, 0) is 9.47 Å². The number of esters is 2. The Balaban J connectivity index is 0.00000480. The van der Waals surface area contributed by atoms with Crippen LogP contribution in [0.2, 0.25) is 0 Å². The molecule has 0 bridgehead atoms. The van der Waals surface area contributed by atoms with E-state index in [1.807, 2.05) is 0 Å².